The first-order chi connectivity index (χ1) is 3.42. The number of nitrogens with one attached hydrogen (secondary N) is 1. The molecule has 1 N–H and O–H groups in total. The number of hydrogen-bond donors (Lipinski definition) is 1. The predicted octanol–water partition coefficient (Wildman–Crippen LogP) is 0.757. The lowest BCUT2D eigenvalue weighted by atomic mass is 9.64. The lowest BCUT2D eigenvalue weighted by Crippen LogP contribution is -2.74. The summed E-state index contributed by atoms with van der Waals surface area (Å²) in [6.45, 7) is 2.28. The van der Waals surface area contributed by atoms with Crippen molar-refractivity contribution in [2.45, 2.75) is 31.8 Å². The van der Waals surface area contributed by atoms with Crippen LogP contribution >= 0.6 is 0 Å². The summed E-state index contributed by atoms with van der Waals surface area (Å²) in [5, 5.41) is 3.41. The maximum Gasteiger partial charge on any atom is 0.0128 e. The van der Waals surface area contributed by atoms with Gasteiger partial charge in [0.25, 0.3) is 0 Å². The zero-order valence-corrected chi connectivity index (χ0v) is 4.65. The van der Waals surface area contributed by atoms with Crippen molar-refractivity contribution < 1.29 is 0 Å². The molecule has 0 aromatic rings. The van der Waals surface area contributed by atoms with Gasteiger partial charge in [0.1, 0.15) is 0 Å². The van der Waals surface area contributed by atoms with Crippen LogP contribution in [0.3, 0.4) is 0 Å². The van der Waals surface area contributed by atoms with Gasteiger partial charge in [-0.2, -0.15) is 0 Å². The zero-order chi connectivity index (χ0) is 4.85. The Morgan fingerprint density at radius 2 is 2.14 bits per heavy atom. The van der Waals surface area contributed by atoms with Gasteiger partial charge < -0.3 is 5.32 Å². The maximum atomic E-state index is 3.41. The van der Waals surface area contributed by atoms with E-state index in [4.69, 9.17) is 0 Å². The summed E-state index contributed by atoms with van der Waals surface area (Å²) >= 11 is 0. The summed E-state index contributed by atoms with van der Waals surface area (Å²) in [5.74, 6) is 1.07. The maximum absolute atomic E-state index is 3.41. The molecule has 1 saturated carbocycles. The highest BCUT2D eigenvalue weighted by Crippen LogP contribution is 2.41. The van der Waals surface area contributed by atoms with E-state index in [0.717, 1.165) is 18.0 Å². The molecule has 7 heavy (non-hydrogen) atoms. The first-order valence-corrected chi connectivity index (χ1v) is 3.18. The third-order valence-corrected chi connectivity index (χ3v) is 2.44. The Kier molecular flexibility index (Phi) is 0.571. The van der Waals surface area contributed by atoms with Crippen LogP contribution in [0.1, 0.15) is 19.8 Å². The van der Waals surface area contributed by atoms with Gasteiger partial charge in [0.05, 0.1) is 0 Å². The fourth-order valence-electron chi connectivity index (χ4n) is 1.66. The van der Waals surface area contributed by atoms with E-state index in [1.807, 2.05) is 0 Å². The molecule has 40 valence electrons. The van der Waals surface area contributed by atoms with Gasteiger partial charge in [-0.3, -0.25) is 0 Å². The second kappa shape index (κ2) is 1.03. The first kappa shape index (κ1) is 3.90. The van der Waals surface area contributed by atoms with E-state index in [-0.39, 0.29) is 0 Å². The van der Waals surface area contributed by atoms with Crippen molar-refractivity contribution in [1.82, 2.24) is 5.32 Å². The third-order valence-electron chi connectivity index (χ3n) is 2.44. The Hall–Kier alpha value is -0.0400. The topological polar surface area (TPSA) is 12.0 Å². The van der Waals surface area contributed by atoms with Crippen LogP contribution in [-0.2, 0) is 0 Å². The van der Waals surface area contributed by atoms with Gasteiger partial charge in [-0.05, 0) is 12.3 Å². The summed E-state index contributed by atoms with van der Waals surface area (Å²) in [4.78, 5) is 0. The van der Waals surface area contributed by atoms with Crippen molar-refractivity contribution >= 4 is 0 Å². The quantitative estimate of drug-likeness (QED) is 0.509. The highest BCUT2D eigenvalue weighted by Gasteiger charge is 2.50. The minimum absolute atomic E-state index is 0.940. The molecule has 0 aromatic carbocycles. The van der Waals surface area contributed by atoms with Gasteiger partial charge in [-0.15, -0.1) is 0 Å². The average Bonchev–Trinajstić information content (AvgIpc) is 1.24. The Bertz CT molecular complexity index is 76.2. The Labute approximate surface area is 44.1 Å². The minimum atomic E-state index is 0.940. The monoisotopic (exact) mass is 97.1 g/mol. The molecule has 2 heterocycles. The molecule has 0 spiro atoms. The van der Waals surface area contributed by atoms with Gasteiger partial charge >= 0.3 is 0 Å². The number of rotatable bonds is 1. The average molecular weight is 97.2 g/mol. The second-order valence-corrected chi connectivity index (χ2v) is 2.69. The van der Waals surface area contributed by atoms with Crippen LogP contribution in [0.4, 0.5) is 0 Å². The molecule has 0 radical (unpaired) electrons. The molecule has 3 rings (SSSR count). The highest BCUT2D eigenvalue weighted by atomic mass is 15.1. The molecular weight excluding hydrogens is 86.1 g/mol. The Morgan fingerprint density at radius 1 is 1.57 bits per heavy atom. The molecule has 3 fully saturated rings. The van der Waals surface area contributed by atoms with Crippen molar-refractivity contribution in [3.05, 3.63) is 0 Å². The van der Waals surface area contributed by atoms with Gasteiger partial charge in [0, 0.05) is 12.1 Å². The van der Waals surface area contributed by atoms with Gasteiger partial charge in [-0.1, -0.05) is 13.3 Å². The van der Waals surface area contributed by atoms with E-state index in [2.05, 4.69) is 12.2 Å². The predicted molar refractivity (Wildman–Crippen MR) is 29.1 cm³/mol. The van der Waals surface area contributed by atoms with E-state index < -0.39 is 0 Å². The van der Waals surface area contributed by atoms with Crippen LogP contribution in [0.2, 0.25) is 0 Å². The lowest BCUT2D eigenvalue weighted by Gasteiger charge is -2.59. The standard InChI is InChI=1S/C6H11N/c1-2-4-5-3-6(4)7-5/h4-7H,2-3H2,1H3/t5-,6-/m1/s1. The summed E-state index contributed by atoms with van der Waals surface area (Å²) in [6, 6.07) is 1.88. The van der Waals surface area contributed by atoms with E-state index in [1.165, 1.54) is 12.8 Å². The van der Waals surface area contributed by atoms with Gasteiger partial charge in [0.2, 0.25) is 0 Å². The molecule has 0 unspecified atom stereocenters. The molecule has 1 aliphatic carbocycles. The molecule has 0 aromatic heterocycles. The summed E-state index contributed by atoms with van der Waals surface area (Å²) in [7, 11) is 0. The normalized spacial score (nSPS) is 55.3. The van der Waals surface area contributed by atoms with Crippen molar-refractivity contribution in [3.63, 3.8) is 0 Å². The fraction of sp³-hybridized carbons (Fsp3) is 1.00. The van der Waals surface area contributed by atoms with Crippen LogP contribution in [0.25, 0.3) is 0 Å². The molecule has 2 aliphatic heterocycles. The van der Waals surface area contributed by atoms with Gasteiger partial charge in [-0.25, -0.2) is 0 Å². The lowest BCUT2D eigenvalue weighted by molar-refractivity contribution is -0.00264. The molecule has 2 bridgehead atoms. The molecule has 3 aliphatic rings. The molecule has 2 atom stereocenters. The van der Waals surface area contributed by atoms with Crippen LogP contribution < -0.4 is 5.32 Å². The smallest absolute Gasteiger partial charge is 0.0128 e. The van der Waals surface area contributed by atoms with Crippen LogP contribution in [0, 0.1) is 5.92 Å². The number of hydrogen-bond acceptors (Lipinski definition) is 1. The van der Waals surface area contributed by atoms with Crippen molar-refractivity contribution in [3.8, 4) is 0 Å². The largest absolute Gasteiger partial charge is 0.310 e. The Balaban J connectivity index is 1.94. The van der Waals surface area contributed by atoms with Crippen molar-refractivity contribution in [1.29, 1.82) is 0 Å². The third kappa shape index (κ3) is 0.290. The molecule has 2 saturated heterocycles. The van der Waals surface area contributed by atoms with Crippen molar-refractivity contribution in [2.24, 2.45) is 5.92 Å². The Morgan fingerprint density at radius 3 is 2.14 bits per heavy atom. The highest BCUT2D eigenvalue weighted by molar-refractivity contribution is 5.10. The van der Waals surface area contributed by atoms with Crippen molar-refractivity contribution in [2.75, 3.05) is 0 Å². The fourth-order valence-corrected chi connectivity index (χ4v) is 1.66. The van der Waals surface area contributed by atoms with E-state index in [9.17, 15) is 0 Å². The van der Waals surface area contributed by atoms with Crippen LogP contribution in [0.15, 0.2) is 0 Å². The second-order valence-electron chi connectivity index (χ2n) is 2.69. The van der Waals surface area contributed by atoms with E-state index in [1.54, 1.807) is 0 Å². The minimum Gasteiger partial charge on any atom is -0.310 e. The first-order valence-electron chi connectivity index (χ1n) is 3.18. The van der Waals surface area contributed by atoms with E-state index >= 15 is 0 Å². The summed E-state index contributed by atoms with van der Waals surface area (Å²) < 4.78 is 0. The van der Waals surface area contributed by atoms with Crippen LogP contribution in [-0.4, -0.2) is 12.1 Å². The zero-order valence-electron chi connectivity index (χ0n) is 4.65. The molecular formula is C6H11N. The molecule has 0 amide bonds. The summed E-state index contributed by atoms with van der Waals surface area (Å²) in [5.41, 5.74) is 0. The van der Waals surface area contributed by atoms with Gasteiger partial charge in [0.15, 0.2) is 0 Å². The summed E-state index contributed by atoms with van der Waals surface area (Å²) in [6.07, 6.45) is 2.86. The molecule has 1 nitrogen and oxygen atoms in total. The van der Waals surface area contributed by atoms with Crippen LogP contribution in [0.5, 0.6) is 0 Å². The van der Waals surface area contributed by atoms with E-state index in [0.29, 0.717) is 0 Å². The SMILES string of the molecule is CCC1[C@H]2C[C@H]1N2. The molecule has 1 heteroatoms.